The van der Waals surface area contributed by atoms with Gasteiger partial charge in [0.25, 0.3) is 5.91 Å². The monoisotopic (exact) mass is 415 g/mol. The van der Waals surface area contributed by atoms with Gasteiger partial charge in [-0.15, -0.1) is 11.3 Å². The number of nitrogens with zero attached hydrogens (tertiary/aromatic N) is 5. The summed E-state index contributed by atoms with van der Waals surface area (Å²) in [6, 6.07) is 3.79. The standard InChI is InChI=1S/C19H21N5O2S2/c1-3-26-15-4-6-20-19(22-15)24-9-7-23(8-10-24)18(25)16-13(2)21-17(28-16)14-5-11-27-12-14/h4-6,11-12H,3,7-10H2,1-2H3. The van der Waals surface area contributed by atoms with Crippen LogP contribution >= 0.6 is 22.7 Å². The minimum atomic E-state index is 0.0557. The minimum Gasteiger partial charge on any atom is -0.478 e. The van der Waals surface area contributed by atoms with Crippen LogP contribution in [-0.2, 0) is 0 Å². The van der Waals surface area contributed by atoms with E-state index in [4.69, 9.17) is 4.74 Å². The van der Waals surface area contributed by atoms with Crippen molar-refractivity contribution in [3.8, 4) is 16.5 Å². The number of piperazine rings is 1. The fourth-order valence-corrected chi connectivity index (χ4v) is 4.82. The van der Waals surface area contributed by atoms with Crippen LogP contribution in [-0.4, -0.2) is 58.5 Å². The molecule has 0 bridgehead atoms. The van der Waals surface area contributed by atoms with Crippen molar-refractivity contribution in [3.63, 3.8) is 0 Å². The lowest BCUT2D eigenvalue weighted by molar-refractivity contribution is 0.0750. The molecule has 9 heteroatoms. The highest BCUT2D eigenvalue weighted by molar-refractivity contribution is 7.17. The third-order valence-electron chi connectivity index (χ3n) is 4.52. The van der Waals surface area contributed by atoms with E-state index in [1.54, 1.807) is 23.6 Å². The largest absolute Gasteiger partial charge is 0.478 e. The van der Waals surface area contributed by atoms with E-state index < -0.39 is 0 Å². The molecule has 4 heterocycles. The molecule has 0 radical (unpaired) electrons. The number of rotatable bonds is 5. The Bertz CT molecular complexity index is 949. The van der Waals surface area contributed by atoms with Gasteiger partial charge in [0.2, 0.25) is 11.8 Å². The van der Waals surface area contributed by atoms with Crippen molar-refractivity contribution in [1.82, 2.24) is 19.9 Å². The molecule has 1 fully saturated rings. The number of amides is 1. The van der Waals surface area contributed by atoms with Crippen molar-refractivity contribution in [1.29, 1.82) is 0 Å². The van der Waals surface area contributed by atoms with E-state index in [9.17, 15) is 4.79 Å². The predicted molar refractivity (Wildman–Crippen MR) is 111 cm³/mol. The number of carbonyl (C=O) groups is 1. The number of thiophene rings is 1. The summed E-state index contributed by atoms with van der Waals surface area (Å²) in [6.07, 6.45) is 1.71. The lowest BCUT2D eigenvalue weighted by Crippen LogP contribution is -2.49. The first kappa shape index (κ1) is 18.8. The average molecular weight is 416 g/mol. The van der Waals surface area contributed by atoms with Gasteiger partial charge in [0.1, 0.15) is 9.88 Å². The molecule has 0 atom stereocenters. The summed E-state index contributed by atoms with van der Waals surface area (Å²) in [5.74, 6) is 1.28. The van der Waals surface area contributed by atoms with Crippen LogP contribution in [0, 0.1) is 6.92 Å². The van der Waals surface area contributed by atoms with Crippen molar-refractivity contribution in [3.05, 3.63) is 39.7 Å². The maximum atomic E-state index is 13.0. The normalized spacial score (nSPS) is 14.4. The molecule has 3 aromatic heterocycles. The number of thiazole rings is 1. The number of aryl methyl sites for hydroxylation is 1. The molecule has 0 unspecified atom stereocenters. The lowest BCUT2D eigenvalue weighted by atomic mass is 10.3. The SMILES string of the molecule is CCOc1ccnc(N2CCN(C(=O)c3sc(-c4ccsc4)nc3C)CC2)n1. The summed E-state index contributed by atoms with van der Waals surface area (Å²) < 4.78 is 5.45. The number of carbonyl (C=O) groups excluding carboxylic acids is 1. The summed E-state index contributed by atoms with van der Waals surface area (Å²) in [6.45, 7) is 7.05. The minimum absolute atomic E-state index is 0.0557. The van der Waals surface area contributed by atoms with Crippen LogP contribution < -0.4 is 9.64 Å². The first-order chi connectivity index (χ1) is 13.7. The molecule has 1 amide bonds. The summed E-state index contributed by atoms with van der Waals surface area (Å²) in [5, 5.41) is 4.98. The fourth-order valence-electron chi connectivity index (χ4n) is 3.07. The fraction of sp³-hybridized carbons (Fsp3) is 0.368. The Labute approximate surface area is 171 Å². The molecule has 1 saturated heterocycles. The van der Waals surface area contributed by atoms with Gasteiger partial charge < -0.3 is 14.5 Å². The number of hydrogen-bond acceptors (Lipinski definition) is 8. The van der Waals surface area contributed by atoms with E-state index >= 15 is 0 Å². The topological polar surface area (TPSA) is 71.5 Å². The highest BCUT2D eigenvalue weighted by atomic mass is 32.1. The molecule has 28 heavy (non-hydrogen) atoms. The Morgan fingerprint density at radius 3 is 2.75 bits per heavy atom. The zero-order valence-corrected chi connectivity index (χ0v) is 17.4. The predicted octanol–water partition coefficient (Wildman–Crippen LogP) is 3.33. The smallest absolute Gasteiger partial charge is 0.265 e. The molecule has 0 aromatic carbocycles. The number of ether oxygens (including phenoxy) is 1. The van der Waals surface area contributed by atoms with Gasteiger partial charge in [-0.3, -0.25) is 4.79 Å². The summed E-state index contributed by atoms with van der Waals surface area (Å²) in [4.78, 5) is 31.1. The van der Waals surface area contributed by atoms with Gasteiger partial charge in [-0.05, 0) is 25.3 Å². The second kappa shape index (κ2) is 8.24. The molecule has 0 aliphatic carbocycles. The van der Waals surface area contributed by atoms with Crippen LogP contribution in [0.3, 0.4) is 0 Å². The lowest BCUT2D eigenvalue weighted by Gasteiger charge is -2.34. The number of anilines is 1. The number of aromatic nitrogens is 3. The van der Waals surface area contributed by atoms with Gasteiger partial charge in [0.05, 0.1) is 12.3 Å². The Morgan fingerprint density at radius 1 is 1.21 bits per heavy atom. The van der Waals surface area contributed by atoms with Gasteiger partial charge in [-0.2, -0.15) is 16.3 Å². The summed E-state index contributed by atoms with van der Waals surface area (Å²) in [7, 11) is 0. The van der Waals surface area contributed by atoms with E-state index in [1.807, 2.05) is 30.2 Å². The van der Waals surface area contributed by atoms with E-state index in [2.05, 4.69) is 25.2 Å². The third-order valence-corrected chi connectivity index (χ3v) is 6.40. The molecule has 146 valence electrons. The zero-order chi connectivity index (χ0) is 19.5. The van der Waals surface area contributed by atoms with E-state index in [-0.39, 0.29) is 5.91 Å². The maximum absolute atomic E-state index is 13.0. The Hall–Kier alpha value is -2.52. The van der Waals surface area contributed by atoms with Crippen LogP contribution in [0.2, 0.25) is 0 Å². The van der Waals surface area contributed by atoms with Crippen LogP contribution in [0.4, 0.5) is 5.95 Å². The molecule has 4 rings (SSSR count). The highest BCUT2D eigenvalue weighted by Gasteiger charge is 2.26. The van der Waals surface area contributed by atoms with Crippen LogP contribution in [0.5, 0.6) is 5.88 Å². The quantitative estimate of drug-likeness (QED) is 0.637. The summed E-state index contributed by atoms with van der Waals surface area (Å²) in [5.41, 5.74) is 1.87. The van der Waals surface area contributed by atoms with Crippen LogP contribution in [0.25, 0.3) is 10.6 Å². The first-order valence-electron chi connectivity index (χ1n) is 9.15. The van der Waals surface area contributed by atoms with Crippen molar-refractivity contribution >= 4 is 34.5 Å². The van der Waals surface area contributed by atoms with Crippen molar-refractivity contribution in [2.75, 3.05) is 37.7 Å². The van der Waals surface area contributed by atoms with Gasteiger partial charge in [0.15, 0.2) is 0 Å². The van der Waals surface area contributed by atoms with Crippen molar-refractivity contribution in [2.45, 2.75) is 13.8 Å². The molecular formula is C19H21N5O2S2. The van der Waals surface area contributed by atoms with E-state index in [1.165, 1.54) is 11.3 Å². The Kier molecular flexibility index (Phi) is 5.54. The molecule has 0 N–H and O–H groups in total. The van der Waals surface area contributed by atoms with E-state index in [0.29, 0.717) is 44.6 Å². The first-order valence-corrected chi connectivity index (χ1v) is 10.9. The number of hydrogen-bond donors (Lipinski definition) is 0. The molecule has 1 aliphatic rings. The molecule has 0 saturated carbocycles. The average Bonchev–Trinajstić information content (AvgIpc) is 3.38. The van der Waals surface area contributed by atoms with E-state index in [0.717, 1.165) is 21.1 Å². The molecule has 0 spiro atoms. The third kappa shape index (κ3) is 3.85. The second-order valence-electron chi connectivity index (χ2n) is 6.35. The molecule has 1 aliphatic heterocycles. The van der Waals surface area contributed by atoms with Crippen LogP contribution in [0.1, 0.15) is 22.3 Å². The highest BCUT2D eigenvalue weighted by Crippen LogP contribution is 2.30. The molecular weight excluding hydrogens is 394 g/mol. The van der Waals surface area contributed by atoms with Crippen molar-refractivity contribution < 1.29 is 9.53 Å². The van der Waals surface area contributed by atoms with Gasteiger partial charge in [-0.1, -0.05) is 0 Å². The van der Waals surface area contributed by atoms with Crippen molar-refractivity contribution in [2.24, 2.45) is 0 Å². The zero-order valence-electron chi connectivity index (χ0n) is 15.8. The molecule has 3 aromatic rings. The second-order valence-corrected chi connectivity index (χ2v) is 8.13. The summed E-state index contributed by atoms with van der Waals surface area (Å²) >= 11 is 3.11. The Balaban J connectivity index is 1.42. The molecule has 7 nitrogen and oxygen atoms in total. The Morgan fingerprint density at radius 2 is 2.04 bits per heavy atom. The van der Waals surface area contributed by atoms with Gasteiger partial charge in [-0.25, -0.2) is 9.97 Å². The maximum Gasteiger partial charge on any atom is 0.265 e. The van der Waals surface area contributed by atoms with Gasteiger partial charge >= 0.3 is 0 Å². The van der Waals surface area contributed by atoms with Gasteiger partial charge in [0, 0.05) is 49.4 Å². The van der Waals surface area contributed by atoms with Crippen LogP contribution in [0.15, 0.2) is 29.1 Å².